The number of carbonyl (C=O) groups excluding carboxylic acids is 3. The van der Waals surface area contributed by atoms with Gasteiger partial charge in [0.15, 0.2) is 0 Å². The molecule has 0 radical (unpaired) electrons. The van der Waals surface area contributed by atoms with Gasteiger partial charge in [0.25, 0.3) is 0 Å². The Morgan fingerprint density at radius 1 is 1.06 bits per heavy atom. The van der Waals surface area contributed by atoms with Gasteiger partial charge in [-0.1, -0.05) is 67.3 Å². The molecule has 3 aromatic rings. The number of carbonyl (C=O) groups is 3. The first-order valence-electron chi connectivity index (χ1n) is 11.7. The molecule has 5 N–H and O–H groups in total. The fourth-order valence-electron chi connectivity index (χ4n) is 3.96. The Hall–Kier alpha value is -3.75. The van der Waals surface area contributed by atoms with Crippen LogP contribution in [0, 0.1) is 0 Å². The summed E-state index contributed by atoms with van der Waals surface area (Å²) in [4.78, 5) is 39.2. The molecular weight excluding hydrogens is 472 g/mol. The van der Waals surface area contributed by atoms with Gasteiger partial charge in [-0.3, -0.25) is 14.4 Å². The van der Waals surface area contributed by atoms with Gasteiger partial charge in [-0.15, -0.1) is 11.3 Å². The number of hydrogen-bond acceptors (Lipinski definition) is 5. The first-order valence-corrected chi connectivity index (χ1v) is 12.6. The Kier molecular flexibility index (Phi) is 9.16. The van der Waals surface area contributed by atoms with E-state index in [0.717, 1.165) is 32.3 Å². The van der Waals surface area contributed by atoms with Crippen molar-refractivity contribution in [3.05, 3.63) is 82.1 Å². The van der Waals surface area contributed by atoms with Crippen molar-refractivity contribution in [2.75, 3.05) is 0 Å². The molecule has 1 aromatic heterocycles. The van der Waals surface area contributed by atoms with Crippen molar-refractivity contribution in [2.45, 2.75) is 45.4 Å². The van der Waals surface area contributed by atoms with Gasteiger partial charge in [0, 0.05) is 23.8 Å². The van der Waals surface area contributed by atoms with Crippen LogP contribution < -0.4 is 21.7 Å². The van der Waals surface area contributed by atoms with Gasteiger partial charge >= 0.3 is 0 Å². The summed E-state index contributed by atoms with van der Waals surface area (Å²) in [5, 5.41) is 12.4. The third-order valence-corrected chi connectivity index (χ3v) is 6.74. The molecule has 3 amide bonds. The Labute approximate surface area is 215 Å². The van der Waals surface area contributed by atoms with Crippen molar-refractivity contribution >= 4 is 52.0 Å². The molecule has 2 aromatic carbocycles. The lowest BCUT2D eigenvalue weighted by Crippen LogP contribution is -2.54. The van der Waals surface area contributed by atoms with E-state index in [4.69, 9.17) is 5.73 Å². The van der Waals surface area contributed by atoms with Crippen molar-refractivity contribution in [3.8, 4) is 0 Å². The highest BCUT2D eigenvalue weighted by molar-refractivity contribution is 7.11. The Morgan fingerprint density at radius 2 is 1.78 bits per heavy atom. The smallest absolute Gasteiger partial charge is 0.244 e. The molecule has 0 aliphatic carbocycles. The second kappa shape index (κ2) is 12.3. The fraction of sp³-hybridized carbons (Fsp3) is 0.250. The van der Waals surface area contributed by atoms with Gasteiger partial charge in [-0.2, -0.15) is 0 Å². The summed E-state index contributed by atoms with van der Waals surface area (Å²) in [6.45, 7) is 8.74. The van der Waals surface area contributed by atoms with Crippen molar-refractivity contribution in [2.24, 2.45) is 5.73 Å². The first-order chi connectivity index (χ1) is 17.2. The van der Waals surface area contributed by atoms with E-state index in [9.17, 15) is 14.4 Å². The van der Waals surface area contributed by atoms with E-state index in [-0.39, 0.29) is 12.3 Å². The highest BCUT2D eigenvalue weighted by atomic mass is 32.1. The molecule has 0 fully saturated rings. The summed E-state index contributed by atoms with van der Waals surface area (Å²) in [6.07, 6.45) is 5.10. The van der Waals surface area contributed by atoms with E-state index < -0.39 is 30.1 Å². The summed E-state index contributed by atoms with van der Waals surface area (Å²) in [5.41, 5.74) is 8.38. The molecule has 3 rings (SSSR count). The van der Waals surface area contributed by atoms with Crippen molar-refractivity contribution < 1.29 is 14.4 Å². The minimum Gasteiger partial charge on any atom is -0.343 e. The van der Waals surface area contributed by atoms with Crippen LogP contribution in [-0.2, 0) is 20.8 Å². The van der Waals surface area contributed by atoms with E-state index in [1.807, 2.05) is 66.9 Å². The third kappa shape index (κ3) is 6.47. The number of nitrogens with two attached hydrogens (primary N) is 1. The molecule has 8 heteroatoms. The predicted octanol–water partition coefficient (Wildman–Crippen LogP) is 3.90. The maximum atomic E-state index is 13.6. The Balaban J connectivity index is 1.96. The maximum absolute atomic E-state index is 13.6. The summed E-state index contributed by atoms with van der Waals surface area (Å²) in [6, 6.07) is 11.7. The molecule has 0 spiro atoms. The molecule has 0 saturated heterocycles. The van der Waals surface area contributed by atoms with Crippen LogP contribution in [0.15, 0.2) is 60.5 Å². The van der Waals surface area contributed by atoms with E-state index >= 15 is 0 Å². The number of hydrogen-bond donors (Lipinski definition) is 4. The molecule has 0 saturated carbocycles. The zero-order valence-electron chi connectivity index (χ0n) is 20.7. The number of thiophene rings is 1. The lowest BCUT2D eigenvalue weighted by molar-refractivity contribution is -0.130. The third-order valence-electron chi connectivity index (χ3n) is 5.70. The summed E-state index contributed by atoms with van der Waals surface area (Å²) in [5.74, 6) is -1.18. The van der Waals surface area contributed by atoms with Crippen LogP contribution in [0.1, 0.15) is 48.5 Å². The number of allylic oxidation sites excluding steroid dienone is 1. The normalized spacial score (nSPS) is 13.7. The van der Waals surface area contributed by atoms with Crippen LogP contribution in [0.4, 0.5) is 0 Å². The minimum atomic E-state index is -0.911. The first kappa shape index (κ1) is 26.8. The second-order valence-electron chi connectivity index (χ2n) is 8.51. The molecule has 36 heavy (non-hydrogen) atoms. The standard InChI is InChI=1S/C28H32N4O3S/c1-5-10-22-20(16-36-25(22)6-2)15-24(31-27(34)17(3)29)28(35)32-26(30-18(4)33)23-14-9-12-19-11-7-8-13-21(19)23/h5-14,16-17,24,26H,2,15,29H2,1,3-4H3,(H,30,33)(H,31,34)(H,32,35)/b10-5-/t17?,24-,26?/m1/s1. The van der Waals surface area contributed by atoms with Gasteiger partial charge in [0.2, 0.25) is 17.7 Å². The molecule has 0 bridgehead atoms. The summed E-state index contributed by atoms with van der Waals surface area (Å²) >= 11 is 1.52. The van der Waals surface area contributed by atoms with Crippen molar-refractivity contribution in [3.63, 3.8) is 0 Å². The largest absolute Gasteiger partial charge is 0.343 e. The lowest BCUT2D eigenvalue weighted by Gasteiger charge is -2.26. The Bertz CT molecular complexity index is 1290. The van der Waals surface area contributed by atoms with Crippen molar-refractivity contribution in [1.29, 1.82) is 0 Å². The molecule has 3 atom stereocenters. The van der Waals surface area contributed by atoms with Gasteiger partial charge in [0.1, 0.15) is 12.2 Å². The lowest BCUT2D eigenvalue weighted by atomic mass is 10.00. The molecule has 7 nitrogen and oxygen atoms in total. The summed E-state index contributed by atoms with van der Waals surface area (Å²) in [7, 11) is 0. The van der Waals surface area contributed by atoms with Crippen LogP contribution in [-0.4, -0.2) is 29.8 Å². The topological polar surface area (TPSA) is 113 Å². The molecule has 188 valence electrons. The van der Waals surface area contributed by atoms with Crippen LogP contribution >= 0.6 is 11.3 Å². The fourth-order valence-corrected chi connectivity index (χ4v) is 4.88. The number of fused-ring (bicyclic) bond motifs is 1. The average molecular weight is 505 g/mol. The number of nitrogens with one attached hydrogen (secondary N) is 3. The molecule has 2 unspecified atom stereocenters. The van der Waals surface area contributed by atoms with Crippen LogP contribution in [0.25, 0.3) is 22.9 Å². The second-order valence-corrected chi connectivity index (χ2v) is 9.42. The highest BCUT2D eigenvalue weighted by Gasteiger charge is 2.27. The van der Waals surface area contributed by atoms with Crippen LogP contribution in [0.2, 0.25) is 0 Å². The van der Waals surface area contributed by atoms with Crippen LogP contribution in [0.3, 0.4) is 0 Å². The SMILES string of the molecule is C=Cc1scc(C[C@@H](NC(=O)C(C)N)C(=O)NC(NC(C)=O)c2cccc3ccccc23)c1/C=C\C. The number of amides is 3. The van der Waals surface area contributed by atoms with E-state index in [1.54, 1.807) is 13.0 Å². The molecule has 0 aliphatic heterocycles. The van der Waals surface area contributed by atoms with Crippen LogP contribution in [0.5, 0.6) is 0 Å². The van der Waals surface area contributed by atoms with Gasteiger partial charge in [0.05, 0.1) is 6.04 Å². The number of rotatable bonds is 10. The van der Waals surface area contributed by atoms with E-state index in [2.05, 4.69) is 22.5 Å². The van der Waals surface area contributed by atoms with Gasteiger partial charge in [-0.25, -0.2) is 0 Å². The maximum Gasteiger partial charge on any atom is 0.244 e. The molecule has 1 heterocycles. The van der Waals surface area contributed by atoms with E-state index in [1.165, 1.54) is 18.3 Å². The van der Waals surface area contributed by atoms with Gasteiger partial charge in [-0.05, 0) is 41.1 Å². The summed E-state index contributed by atoms with van der Waals surface area (Å²) < 4.78 is 0. The minimum absolute atomic E-state index is 0.247. The zero-order valence-corrected chi connectivity index (χ0v) is 21.5. The molecule has 0 aliphatic rings. The molecular formula is C28H32N4O3S. The monoisotopic (exact) mass is 504 g/mol. The number of benzene rings is 2. The zero-order chi connectivity index (χ0) is 26.2. The van der Waals surface area contributed by atoms with E-state index in [0.29, 0.717) is 0 Å². The predicted molar refractivity (Wildman–Crippen MR) is 147 cm³/mol. The quantitative estimate of drug-likeness (QED) is 0.314. The Morgan fingerprint density at radius 3 is 2.44 bits per heavy atom. The highest BCUT2D eigenvalue weighted by Crippen LogP contribution is 2.27. The van der Waals surface area contributed by atoms with Gasteiger partial charge < -0.3 is 21.7 Å². The van der Waals surface area contributed by atoms with Crippen molar-refractivity contribution in [1.82, 2.24) is 16.0 Å². The average Bonchev–Trinajstić information content (AvgIpc) is 3.23.